The van der Waals surface area contributed by atoms with Gasteiger partial charge in [0.25, 0.3) is 0 Å². The second kappa shape index (κ2) is 7.22. The summed E-state index contributed by atoms with van der Waals surface area (Å²) >= 11 is 0. The van der Waals surface area contributed by atoms with Crippen molar-refractivity contribution in [2.24, 2.45) is 0 Å². The van der Waals surface area contributed by atoms with Gasteiger partial charge in [0.15, 0.2) is 12.4 Å². The summed E-state index contributed by atoms with van der Waals surface area (Å²) in [6.45, 7) is 3.41. The maximum atomic E-state index is 12.5. The Bertz CT molecular complexity index is 927. The molecule has 1 aromatic heterocycles. The molecule has 0 aliphatic heterocycles. The second-order valence-electron chi connectivity index (χ2n) is 6.53. The van der Waals surface area contributed by atoms with Gasteiger partial charge in [0, 0.05) is 29.1 Å². The molecule has 1 saturated carbocycles. The lowest BCUT2D eigenvalue weighted by Crippen LogP contribution is -2.15. The summed E-state index contributed by atoms with van der Waals surface area (Å²) in [5.41, 5.74) is 2.06. The predicted octanol–water partition coefficient (Wildman–Crippen LogP) is 3.40. The van der Waals surface area contributed by atoms with Crippen LogP contribution in [0.1, 0.15) is 51.0 Å². The van der Waals surface area contributed by atoms with Crippen molar-refractivity contribution in [2.45, 2.75) is 32.7 Å². The Kier molecular flexibility index (Phi) is 4.98. The average molecular weight is 372 g/mol. The smallest absolute Gasteiger partial charge is 0.338 e. The molecule has 3 rings (SSSR count). The van der Waals surface area contributed by atoms with Crippen molar-refractivity contribution < 1.29 is 24.0 Å². The van der Waals surface area contributed by atoms with Crippen molar-refractivity contribution >= 4 is 17.4 Å². The number of rotatable bonds is 7. The number of hydrogen-bond donors (Lipinski definition) is 0. The van der Waals surface area contributed by atoms with Crippen molar-refractivity contribution in [1.82, 2.24) is 4.57 Å². The number of nitro groups is 1. The number of aryl methyl sites for hydroxylation is 1. The van der Waals surface area contributed by atoms with Gasteiger partial charge in [-0.1, -0.05) is 0 Å². The summed E-state index contributed by atoms with van der Waals surface area (Å²) in [5, 5.41) is 11.1. The van der Waals surface area contributed by atoms with Gasteiger partial charge in [-0.05, 0) is 44.9 Å². The van der Waals surface area contributed by atoms with Gasteiger partial charge in [0.1, 0.15) is 0 Å². The number of esters is 1. The van der Waals surface area contributed by atoms with Gasteiger partial charge in [-0.3, -0.25) is 14.9 Å². The molecule has 0 radical (unpaired) electrons. The van der Waals surface area contributed by atoms with E-state index < -0.39 is 17.5 Å². The Labute approximate surface area is 155 Å². The number of Topliss-reactive ketones (excluding diaryl/α,β-unsaturated/α-hetero) is 1. The molecule has 0 saturated heterocycles. The number of carbonyl (C=O) groups is 2. The third kappa shape index (κ3) is 3.69. The van der Waals surface area contributed by atoms with Crippen LogP contribution in [0.3, 0.4) is 0 Å². The van der Waals surface area contributed by atoms with Crippen molar-refractivity contribution in [2.75, 3.05) is 13.7 Å². The highest BCUT2D eigenvalue weighted by molar-refractivity contribution is 6.00. The number of carbonyl (C=O) groups excluding carboxylic acids is 2. The maximum Gasteiger partial charge on any atom is 0.338 e. The highest BCUT2D eigenvalue weighted by atomic mass is 16.6. The lowest BCUT2D eigenvalue weighted by atomic mass is 10.1. The highest BCUT2D eigenvalue weighted by Gasteiger charge is 2.28. The molecule has 0 atom stereocenters. The third-order valence-corrected chi connectivity index (χ3v) is 4.64. The van der Waals surface area contributed by atoms with E-state index >= 15 is 0 Å². The highest BCUT2D eigenvalue weighted by Crippen LogP contribution is 2.38. The maximum absolute atomic E-state index is 12.5. The van der Waals surface area contributed by atoms with Crippen LogP contribution in [-0.2, 0) is 4.74 Å². The fraction of sp³-hybridized carbons (Fsp3) is 0.368. The van der Waals surface area contributed by atoms with Crippen LogP contribution >= 0.6 is 0 Å². The van der Waals surface area contributed by atoms with Gasteiger partial charge in [-0.2, -0.15) is 0 Å². The molecule has 27 heavy (non-hydrogen) atoms. The Morgan fingerprint density at radius 3 is 2.56 bits per heavy atom. The van der Waals surface area contributed by atoms with E-state index in [0.29, 0.717) is 11.6 Å². The molecule has 0 bridgehead atoms. The predicted molar refractivity (Wildman–Crippen MR) is 96.4 cm³/mol. The number of nitrogens with zero attached hydrogens (tertiary/aromatic N) is 2. The number of nitro benzene ring substituents is 1. The van der Waals surface area contributed by atoms with Crippen LogP contribution in [-0.4, -0.2) is 35.0 Å². The molecule has 0 unspecified atom stereocenters. The summed E-state index contributed by atoms with van der Waals surface area (Å²) in [7, 11) is 1.30. The largest absolute Gasteiger partial charge is 0.490 e. The van der Waals surface area contributed by atoms with Crippen LogP contribution < -0.4 is 4.74 Å². The molecule has 1 heterocycles. The summed E-state index contributed by atoms with van der Waals surface area (Å²) in [6.07, 6.45) is 2.21. The van der Waals surface area contributed by atoms with Crippen molar-refractivity contribution in [3.05, 3.63) is 56.9 Å². The normalized spacial score (nSPS) is 13.3. The first-order valence-electron chi connectivity index (χ1n) is 8.54. The molecule has 8 heteroatoms. The van der Waals surface area contributed by atoms with E-state index in [-0.39, 0.29) is 22.8 Å². The SMILES string of the molecule is COc1ccc(C(=O)OCC(=O)c2cc(C)n(C3CC3)c2C)cc1[N+](=O)[O-]. The molecule has 1 aromatic carbocycles. The van der Waals surface area contributed by atoms with E-state index in [1.165, 1.54) is 19.2 Å². The van der Waals surface area contributed by atoms with Crippen molar-refractivity contribution in [1.29, 1.82) is 0 Å². The fourth-order valence-electron chi connectivity index (χ4n) is 3.21. The van der Waals surface area contributed by atoms with Crippen LogP contribution in [0, 0.1) is 24.0 Å². The monoisotopic (exact) mass is 372 g/mol. The van der Waals surface area contributed by atoms with E-state index in [1.807, 2.05) is 19.9 Å². The molecule has 1 aliphatic carbocycles. The quantitative estimate of drug-likeness (QED) is 0.320. The first kappa shape index (κ1) is 18.6. The van der Waals surface area contributed by atoms with Crippen LogP contribution in [0.5, 0.6) is 5.75 Å². The van der Waals surface area contributed by atoms with E-state index in [9.17, 15) is 19.7 Å². The Morgan fingerprint density at radius 1 is 1.26 bits per heavy atom. The van der Waals surface area contributed by atoms with Gasteiger partial charge < -0.3 is 14.0 Å². The van der Waals surface area contributed by atoms with E-state index in [4.69, 9.17) is 9.47 Å². The van der Waals surface area contributed by atoms with E-state index in [2.05, 4.69) is 4.57 Å². The van der Waals surface area contributed by atoms with Crippen LogP contribution in [0.15, 0.2) is 24.3 Å². The van der Waals surface area contributed by atoms with Crippen LogP contribution in [0.25, 0.3) is 0 Å². The number of hydrogen-bond acceptors (Lipinski definition) is 6. The summed E-state index contributed by atoms with van der Waals surface area (Å²) < 4.78 is 12.1. The minimum Gasteiger partial charge on any atom is -0.490 e. The standard InChI is InChI=1S/C19H20N2O6/c1-11-8-15(12(2)20(11)14-5-6-14)17(22)10-27-19(23)13-4-7-18(26-3)16(9-13)21(24)25/h4,7-9,14H,5-6,10H2,1-3H3. The van der Waals surface area contributed by atoms with Gasteiger partial charge in [-0.25, -0.2) is 4.79 Å². The number of ether oxygens (including phenoxy) is 2. The Morgan fingerprint density at radius 2 is 1.96 bits per heavy atom. The molecule has 142 valence electrons. The van der Waals surface area contributed by atoms with Gasteiger partial charge in [0.05, 0.1) is 17.6 Å². The van der Waals surface area contributed by atoms with Crippen molar-refractivity contribution in [3.63, 3.8) is 0 Å². The molecule has 2 aromatic rings. The molecule has 0 spiro atoms. The first-order valence-corrected chi connectivity index (χ1v) is 8.54. The molecule has 1 aliphatic rings. The zero-order valence-corrected chi connectivity index (χ0v) is 15.4. The third-order valence-electron chi connectivity index (χ3n) is 4.64. The molecular weight excluding hydrogens is 352 g/mol. The zero-order chi connectivity index (χ0) is 19.7. The summed E-state index contributed by atoms with van der Waals surface area (Å²) in [5.74, 6) is -1.06. The number of methoxy groups -OCH3 is 1. The van der Waals surface area contributed by atoms with Crippen LogP contribution in [0.2, 0.25) is 0 Å². The number of benzene rings is 1. The molecule has 8 nitrogen and oxygen atoms in total. The van der Waals surface area contributed by atoms with Crippen molar-refractivity contribution in [3.8, 4) is 5.75 Å². The topological polar surface area (TPSA) is 101 Å². The molecule has 0 N–H and O–H groups in total. The summed E-state index contributed by atoms with van der Waals surface area (Å²) in [4.78, 5) is 35.1. The number of aromatic nitrogens is 1. The molecular formula is C19H20N2O6. The van der Waals surface area contributed by atoms with E-state index in [0.717, 1.165) is 30.3 Å². The second-order valence-corrected chi connectivity index (χ2v) is 6.53. The fourth-order valence-corrected chi connectivity index (χ4v) is 3.21. The van der Waals surface area contributed by atoms with Gasteiger partial charge in [-0.15, -0.1) is 0 Å². The van der Waals surface area contributed by atoms with Crippen LogP contribution in [0.4, 0.5) is 5.69 Å². The zero-order valence-electron chi connectivity index (χ0n) is 15.4. The van der Waals surface area contributed by atoms with Gasteiger partial charge in [0.2, 0.25) is 5.78 Å². The van der Waals surface area contributed by atoms with E-state index in [1.54, 1.807) is 0 Å². The lowest BCUT2D eigenvalue weighted by molar-refractivity contribution is -0.385. The number of ketones is 1. The first-order chi connectivity index (χ1) is 12.8. The minimum atomic E-state index is -0.801. The summed E-state index contributed by atoms with van der Waals surface area (Å²) in [6, 6.07) is 6.01. The molecule has 1 fully saturated rings. The lowest BCUT2D eigenvalue weighted by Gasteiger charge is -2.08. The van der Waals surface area contributed by atoms with Gasteiger partial charge >= 0.3 is 11.7 Å². The minimum absolute atomic E-state index is 0.0150. The Hall–Kier alpha value is -3.16. The molecule has 0 amide bonds. The average Bonchev–Trinajstić information content (AvgIpc) is 3.43. The Balaban J connectivity index is 1.71.